The van der Waals surface area contributed by atoms with Crippen LogP contribution in [0.2, 0.25) is 0 Å². The Morgan fingerprint density at radius 1 is 1.40 bits per heavy atom. The van der Waals surface area contributed by atoms with Crippen LogP contribution in [0.5, 0.6) is 0 Å². The van der Waals surface area contributed by atoms with Gasteiger partial charge in [0.1, 0.15) is 0 Å². The number of allylic oxidation sites excluding steroid dienone is 1. The van der Waals surface area contributed by atoms with Crippen LogP contribution in [0.3, 0.4) is 0 Å². The van der Waals surface area contributed by atoms with Crippen LogP contribution in [0.4, 0.5) is 0 Å². The Hall–Kier alpha value is -0.830. The van der Waals surface area contributed by atoms with E-state index in [-0.39, 0.29) is 17.9 Å². The molecule has 1 fully saturated rings. The molecule has 0 aromatic rings. The molecule has 2 atom stereocenters. The molecule has 1 aliphatic carbocycles. The van der Waals surface area contributed by atoms with Crippen LogP contribution < -0.4 is 11.1 Å². The number of hydrogen-bond donors (Lipinski definition) is 2. The van der Waals surface area contributed by atoms with Gasteiger partial charge in [0.15, 0.2) is 0 Å². The van der Waals surface area contributed by atoms with Crippen molar-refractivity contribution in [2.75, 3.05) is 6.54 Å². The molecule has 3 nitrogen and oxygen atoms in total. The van der Waals surface area contributed by atoms with Crippen molar-refractivity contribution in [2.45, 2.75) is 45.6 Å². The third kappa shape index (κ3) is 4.04. The van der Waals surface area contributed by atoms with Crippen LogP contribution >= 0.6 is 0 Å². The lowest BCUT2D eigenvalue weighted by Gasteiger charge is -2.29. The zero-order chi connectivity index (χ0) is 11.3. The second kappa shape index (κ2) is 5.91. The summed E-state index contributed by atoms with van der Waals surface area (Å²) in [4.78, 5) is 11.2. The fourth-order valence-corrected chi connectivity index (χ4v) is 2.13. The molecule has 0 aliphatic heterocycles. The molecule has 1 amide bonds. The number of hydrogen-bond acceptors (Lipinski definition) is 2. The summed E-state index contributed by atoms with van der Waals surface area (Å²) in [5.74, 6) is -0.117. The molecule has 1 aliphatic rings. The first kappa shape index (κ1) is 12.2. The number of primary amides is 1. The van der Waals surface area contributed by atoms with Gasteiger partial charge in [0.25, 0.3) is 0 Å². The Bertz CT molecular complexity index is 244. The molecule has 1 rings (SSSR count). The highest BCUT2D eigenvalue weighted by molar-refractivity contribution is 5.77. The summed E-state index contributed by atoms with van der Waals surface area (Å²) in [7, 11) is 0. The maximum atomic E-state index is 11.2. The van der Waals surface area contributed by atoms with Crippen molar-refractivity contribution in [3.63, 3.8) is 0 Å². The van der Waals surface area contributed by atoms with E-state index in [1.807, 2.05) is 0 Å². The molecule has 3 heteroatoms. The van der Waals surface area contributed by atoms with E-state index >= 15 is 0 Å². The first-order valence-corrected chi connectivity index (χ1v) is 5.77. The largest absolute Gasteiger partial charge is 0.369 e. The average molecular weight is 210 g/mol. The van der Waals surface area contributed by atoms with Gasteiger partial charge in [-0.25, -0.2) is 0 Å². The van der Waals surface area contributed by atoms with Gasteiger partial charge < -0.3 is 11.1 Å². The number of amides is 1. The molecule has 3 N–H and O–H groups in total. The minimum Gasteiger partial charge on any atom is -0.369 e. The Morgan fingerprint density at radius 2 is 2.07 bits per heavy atom. The highest BCUT2D eigenvalue weighted by Gasteiger charge is 2.28. The maximum absolute atomic E-state index is 11.2. The van der Waals surface area contributed by atoms with Crippen molar-refractivity contribution in [1.82, 2.24) is 5.32 Å². The first-order chi connectivity index (χ1) is 7.11. The number of carbonyl (C=O) groups excluding carboxylic acids is 1. The monoisotopic (exact) mass is 210 g/mol. The Labute approximate surface area is 92.1 Å². The molecule has 0 radical (unpaired) electrons. The Kier molecular flexibility index (Phi) is 4.82. The van der Waals surface area contributed by atoms with E-state index in [0.717, 1.165) is 25.8 Å². The predicted molar refractivity (Wildman–Crippen MR) is 62.4 cm³/mol. The van der Waals surface area contributed by atoms with Crippen molar-refractivity contribution in [2.24, 2.45) is 11.7 Å². The lowest BCUT2D eigenvalue weighted by atomic mass is 9.84. The SMILES string of the molecule is CC(C)=CCN[C@H]1CCCC[C@H]1C(N)=O. The first-order valence-electron chi connectivity index (χ1n) is 5.77. The summed E-state index contributed by atoms with van der Waals surface area (Å²) in [6.45, 7) is 5.00. The summed E-state index contributed by atoms with van der Waals surface area (Å²) >= 11 is 0. The molecule has 0 bridgehead atoms. The summed E-state index contributed by atoms with van der Waals surface area (Å²) in [6, 6.07) is 0.284. The molecule has 0 heterocycles. The minimum atomic E-state index is -0.149. The average Bonchev–Trinajstić information content (AvgIpc) is 2.17. The third-order valence-electron chi connectivity index (χ3n) is 3.02. The Balaban J connectivity index is 2.43. The van der Waals surface area contributed by atoms with Gasteiger partial charge in [-0.1, -0.05) is 24.5 Å². The number of nitrogens with two attached hydrogens (primary N) is 1. The summed E-state index contributed by atoms with van der Waals surface area (Å²) in [5.41, 5.74) is 6.69. The van der Waals surface area contributed by atoms with Crippen molar-refractivity contribution >= 4 is 5.91 Å². The number of carbonyl (C=O) groups is 1. The van der Waals surface area contributed by atoms with Gasteiger partial charge in [-0.2, -0.15) is 0 Å². The second-order valence-corrected chi connectivity index (χ2v) is 4.59. The van der Waals surface area contributed by atoms with Crippen molar-refractivity contribution in [3.8, 4) is 0 Å². The highest BCUT2D eigenvalue weighted by Crippen LogP contribution is 2.23. The molecule has 0 aromatic heterocycles. The highest BCUT2D eigenvalue weighted by atomic mass is 16.1. The molecule has 0 aromatic carbocycles. The van der Waals surface area contributed by atoms with Crippen molar-refractivity contribution < 1.29 is 4.79 Å². The van der Waals surface area contributed by atoms with Gasteiger partial charge in [-0.05, 0) is 26.7 Å². The van der Waals surface area contributed by atoms with Crippen LogP contribution in [-0.2, 0) is 4.79 Å². The molecule has 15 heavy (non-hydrogen) atoms. The molecule has 0 saturated heterocycles. The smallest absolute Gasteiger partial charge is 0.222 e. The van der Waals surface area contributed by atoms with Gasteiger partial charge >= 0.3 is 0 Å². The normalized spacial score (nSPS) is 26.0. The van der Waals surface area contributed by atoms with E-state index in [0.29, 0.717) is 0 Å². The fourth-order valence-electron chi connectivity index (χ4n) is 2.13. The van der Waals surface area contributed by atoms with Crippen LogP contribution in [0.15, 0.2) is 11.6 Å². The maximum Gasteiger partial charge on any atom is 0.222 e. The topological polar surface area (TPSA) is 55.1 Å². The standard InChI is InChI=1S/C12H22N2O/c1-9(2)7-8-14-11-6-4-3-5-10(11)12(13)15/h7,10-11,14H,3-6,8H2,1-2H3,(H2,13,15)/t10-,11+/m1/s1. The van der Waals surface area contributed by atoms with Crippen molar-refractivity contribution in [1.29, 1.82) is 0 Å². The number of rotatable bonds is 4. The third-order valence-corrected chi connectivity index (χ3v) is 3.02. The van der Waals surface area contributed by atoms with Crippen LogP contribution in [0.1, 0.15) is 39.5 Å². The molecule has 0 unspecified atom stereocenters. The summed E-state index contributed by atoms with van der Waals surface area (Å²) in [5, 5.41) is 3.41. The van der Waals surface area contributed by atoms with Gasteiger partial charge in [-0.15, -0.1) is 0 Å². The van der Waals surface area contributed by atoms with E-state index < -0.39 is 0 Å². The van der Waals surface area contributed by atoms with Crippen LogP contribution in [0, 0.1) is 5.92 Å². The van der Waals surface area contributed by atoms with Crippen molar-refractivity contribution in [3.05, 3.63) is 11.6 Å². The molecule has 0 spiro atoms. The Morgan fingerprint density at radius 3 is 2.67 bits per heavy atom. The quantitative estimate of drug-likeness (QED) is 0.692. The van der Waals surface area contributed by atoms with Gasteiger partial charge in [0.05, 0.1) is 5.92 Å². The van der Waals surface area contributed by atoms with Crippen LogP contribution in [-0.4, -0.2) is 18.5 Å². The summed E-state index contributed by atoms with van der Waals surface area (Å²) < 4.78 is 0. The minimum absolute atomic E-state index is 0.0318. The predicted octanol–water partition coefficient (Wildman–Crippen LogP) is 1.59. The van der Waals surface area contributed by atoms with E-state index in [2.05, 4.69) is 25.2 Å². The molecular formula is C12H22N2O. The van der Waals surface area contributed by atoms with E-state index in [1.54, 1.807) is 0 Å². The van der Waals surface area contributed by atoms with E-state index in [9.17, 15) is 4.79 Å². The lowest BCUT2D eigenvalue weighted by molar-refractivity contribution is -0.123. The zero-order valence-corrected chi connectivity index (χ0v) is 9.75. The van der Waals surface area contributed by atoms with Gasteiger partial charge in [-0.3, -0.25) is 4.79 Å². The molecule has 1 saturated carbocycles. The zero-order valence-electron chi connectivity index (χ0n) is 9.75. The lowest BCUT2D eigenvalue weighted by Crippen LogP contribution is -2.44. The molecule has 86 valence electrons. The van der Waals surface area contributed by atoms with Crippen LogP contribution in [0.25, 0.3) is 0 Å². The van der Waals surface area contributed by atoms with Gasteiger partial charge in [0, 0.05) is 12.6 Å². The van der Waals surface area contributed by atoms with E-state index in [1.165, 1.54) is 12.0 Å². The second-order valence-electron chi connectivity index (χ2n) is 4.59. The number of nitrogens with one attached hydrogen (secondary N) is 1. The van der Waals surface area contributed by atoms with Gasteiger partial charge in [0.2, 0.25) is 5.91 Å². The fraction of sp³-hybridized carbons (Fsp3) is 0.750. The molecular weight excluding hydrogens is 188 g/mol. The summed E-state index contributed by atoms with van der Waals surface area (Å²) in [6.07, 6.45) is 6.50. The van der Waals surface area contributed by atoms with E-state index in [4.69, 9.17) is 5.73 Å².